The fraction of sp³-hybridized carbons (Fsp3) is 0.182. The number of rotatable bonds is 4. The van der Waals surface area contributed by atoms with Crippen LogP contribution in [0.4, 0.5) is 0 Å². The van der Waals surface area contributed by atoms with Gasteiger partial charge in [0, 0.05) is 23.3 Å². The van der Waals surface area contributed by atoms with Crippen LogP contribution in [0.3, 0.4) is 0 Å². The topological polar surface area (TPSA) is 97.6 Å². The van der Waals surface area contributed by atoms with E-state index in [9.17, 15) is 10.0 Å². The van der Waals surface area contributed by atoms with Gasteiger partial charge in [-0.1, -0.05) is 0 Å². The lowest BCUT2D eigenvalue weighted by atomic mass is 9.80. The molecule has 2 rings (SSSR count). The lowest BCUT2D eigenvalue weighted by Crippen LogP contribution is -2.32. The first-order valence-electron chi connectivity index (χ1n) is 5.44. The van der Waals surface area contributed by atoms with Gasteiger partial charge in [0.1, 0.15) is 0 Å². The minimum absolute atomic E-state index is 0.0696. The molecule has 0 radical (unpaired) electrons. The summed E-state index contributed by atoms with van der Waals surface area (Å²) < 4.78 is 9.86. The molecule has 0 bridgehead atoms. The Bertz CT molecular complexity index is 562. The lowest BCUT2D eigenvalue weighted by molar-refractivity contribution is 0.386. The van der Waals surface area contributed by atoms with Crippen molar-refractivity contribution in [2.75, 3.05) is 14.2 Å². The van der Waals surface area contributed by atoms with Gasteiger partial charge in [-0.05, 0) is 12.1 Å². The van der Waals surface area contributed by atoms with Crippen LogP contribution < -0.4 is 14.9 Å². The maximum absolute atomic E-state index is 9.26. The van der Waals surface area contributed by atoms with E-state index in [0.29, 0.717) is 17.1 Å². The van der Waals surface area contributed by atoms with Crippen molar-refractivity contribution < 1.29 is 19.5 Å². The van der Waals surface area contributed by atoms with Crippen LogP contribution in [0.1, 0.15) is 0 Å². The summed E-state index contributed by atoms with van der Waals surface area (Å²) in [5.74, 6) is 0.549. The van der Waals surface area contributed by atoms with E-state index < -0.39 is 7.12 Å². The fourth-order valence-electron chi connectivity index (χ4n) is 1.53. The van der Waals surface area contributed by atoms with E-state index in [1.165, 1.54) is 20.3 Å². The number of hydrogen-bond acceptors (Lipinski definition) is 7. The van der Waals surface area contributed by atoms with E-state index in [1.807, 2.05) is 0 Å². The summed E-state index contributed by atoms with van der Waals surface area (Å²) in [6.07, 6.45) is 1.56. The zero-order valence-corrected chi connectivity index (χ0v) is 10.4. The van der Waals surface area contributed by atoms with Gasteiger partial charge >= 0.3 is 7.12 Å². The predicted molar refractivity (Wildman–Crippen MR) is 68.2 cm³/mol. The highest BCUT2D eigenvalue weighted by Gasteiger charge is 2.20. The van der Waals surface area contributed by atoms with Crippen molar-refractivity contribution in [3.05, 3.63) is 24.4 Å². The van der Waals surface area contributed by atoms with E-state index in [2.05, 4.69) is 15.2 Å². The first-order valence-corrected chi connectivity index (χ1v) is 5.44. The second kappa shape index (κ2) is 5.64. The largest absolute Gasteiger partial charge is 0.494 e. The van der Waals surface area contributed by atoms with E-state index in [4.69, 9.17) is 9.47 Å². The average Bonchev–Trinajstić information content (AvgIpc) is 2.46. The monoisotopic (exact) mass is 261 g/mol. The number of nitrogens with zero attached hydrogens (tertiary/aromatic N) is 3. The van der Waals surface area contributed by atoms with Crippen LogP contribution in [0.2, 0.25) is 0 Å². The molecule has 0 spiro atoms. The first-order chi connectivity index (χ1) is 9.15. The number of aromatic nitrogens is 3. The maximum atomic E-state index is 9.26. The summed E-state index contributed by atoms with van der Waals surface area (Å²) in [4.78, 5) is 4.04. The molecule has 0 aliphatic heterocycles. The predicted octanol–water partition coefficient (Wildman–Crippen LogP) is -0.764. The molecule has 0 unspecified atom stereocenters. The Morgan fingerprint density at radius 1 is 1.11 bits per heavy atom. The number of ether oxygens (including phenoxy) is 2. The van der Waals surface area contributed by atoms with Gasteiger partial charge in [0.15, 0.2) is 0 Å². The average molecular weight is 261 g/mol. The van der Waals surface area contributed by atoms with Gasteiger partial charge in [-0.2, -0.15) is 0 Å². The van der Waals surface area contributed by atoms with Gasteiger partial charge in [-0.25, -0.2) is 4.98 Å². The van der Waals surface area contributed by atoms with Crippen molar-refractivity contribution in [1.82, 2.24) is 15.2 Å². The number of methoxy groups -OCH3 is 2. The molecule has 0 aromatic carbocycles. The normalized spacial score (nSPS) is 10.1. The van der Waals surface area contributed by atoms with E-state index >= 15 is 0 Å². The molecule has 98 valence electrons. The van der Waals surface area contributed by atoms with E-state index in [-0.39, 0.29) is 11.3 Å². The van der Waals surface area contributed by atoms with Crippen LogP contribution in [-0.2, 0) is 0 Å². The maximum Gasteiger partial charge on any atom is 0.494 e. The Morgan fingerprint density at radius 3 is 2.42 bits per heavy atom. The highest BCUT2D eigenvalue weighted by molar-refractivity contribution is 6.59. The van der Waals surface area contributed by atoms with E-state index in [1.54, 1.807) is 18.3 Å². The third-order valence-electron chi connectivity index (χ3n) is 2.50. The minimum atomic E-state index is -1.68. The van der Waals surface area contributed by atoms with Crippen LogP contribution in [-0.4, -0.2) is 46.6 Å². The summed E-state index contributed by atoms with van der Waals surface area (Å²) in [5, 5.41) is 26.2. The van der Waals surface area contributed by atoms with Crippen LogP contribution in [0.15, 0.2) is 24.4 Å². The molecule has 0 atom stereocenters. The molecule has 2 heterocycles. The highest BCUT2D eigenvalue weighted by atomic mass is 16.5. The summed E-state index contributed by atoms with van der Waals surface area (Å²) in [6, 6.07) is 4.91. The number of hydrogen-bond donors (Lipinski definition) is 2. The van der Waals surface area contributed by atoms with Crippen molar-refractivity contribution >= 4 is 12.6 Å². The Morgan fingerprint density at radius 2 is 1.89 bits per heavy atom. The van der Waals surface area contributed by atoms with Crippen molar-refractivity contribution in [3.8, 4) is 23.0 Å². The summed E-state index contributed by atoms with van der Waals surface area (Å²) in [5.41, 5.74) is 1.28. The second-order valence-corrected chi connectivity index (χ2v) is 3.66. The molecular formula is C11H12BN3O4. The Hall–Kier alpha value is -2.19. The van der Waals surface area contributed by atoms with Gasteiger partial charge in [-0.3, -0.25) is 0 Å². The molecule has 2 aromatic rings. The Labute approximate surface area is 110 Å². The molecule has 0 fully saturated rings. The SMILES string of the molecule is COc1ccc(-c2cc(B(O)O)c(OC)nn2)cn1. The van der Waals surface area contributed by atoms with Crippen LogP contribution in [0, 0.1) is 0 Å². The van der Waals surface area contributed by atoms with Crippen molar-refractivity contribution in [2.24, 2.45) is 0 Å². The smallest absolute Gasteiger partial charge is 0.481 e. The van der Waals surface area contributed by atoms with Crippen LogP contribution in [0.25, 0.3) is 11.3 Å². The van der Waals surface area contributed by atoms with Crippen molar-refractivity contribution in [2.45, 2.75) is 0 Å². The highest BCUT2D eigenvalue weighted by Crippen LogP contribution is 2.18. The minimum Gasteiger partial charge on any atom is -0.481 e. The molecule has 2 aromatic heterocycles. The summed E-state index contributed by atoms with van der Waals surface area (Å²) >= 11 is 0. The second-order valence-electron chi connectivity index (χ2n) is 3.66. The van der Waals surface area contributed by atoms with Crippen molar-refractivity contribution in [3.63, 3.8) is 0 Å². The van der Waals surface area contributed by atoms with E-state index in [0.717, 1.165) is 0 Å². The van der Waals surface area contributed by atoms with Gasteiger partial charge in [-0.15, -0.1) is 10.2 Å². The molecule has 0 saturated heterocycles. The lowest BCUT2D eigenvalue weighted by Gasteiger charge is -2.08. The molecule has 19 heavy (non-hydrogen) atoms. The third-order valence-corrected chi connectivity index (χ3v) is 2.50. The molecule has 2 N–H and O–H groups in total. The van der Waals surface area contributed by atoms with Gasteiger partial charge in [0.2, 0.25) is 11.8 Å². The zero-order valence-electron chi connectivity index (χ0n) is 10.4. The number of pyridine rings is 1. The quantitative estimate of drug-likeness (QED) is 0.697. The van der Waals surface area contributed by atoms with Gasteiger partial charge < -0.3 is 19.5 Å². The third kappa shape index (κ3) is 2.80. The Balaban J connectivity index is 2.41. The Kier molecular flexibility index (Phi) is 3.93. The first kappa shape index (κ1) is 13.3. The van der Waals surface area contributed by atoms with Gasteiger partial charge in [0.25, 0.3) is 0 Å². The molecule has 0 amide bonds. The fourth-order valence-corrected chi connectivity index (χ4v) is 1.53. The molecular weight excluding hydrogens is 249 g/mol. The zero-order chi connectivity index (χ0) is 13.8. The summed E-state index contributed by atoms with van der Waals surface area (Å²) in [7, 11) is 1.22. The van der Waals surface area contributed by atoms with Crippen molar-refractivity contribution in [1.29, 1.82) is 0 Å². The van der Waals surface area contributed by atoms with Crippen LogP contribution in [0.5, 0.6) is 11.8 Å². The molecule has 7 nitrogen and oxygen atoms in total. The molecule has 0 saturated carbocycles. The van der Waals surface area contributed by atoms with Crippen LogP contribution >= 0.6 is 0 Å². The molecule has 0 aliphatic rings. The summed E-state index contributed by atoms with van der Waals surface area (Å²) in [6.45, 7) is 0. The molecule has 0 aliphatic carbocycles. The van der Waals surface area contributed by atoms with Gasteiger partial charge in [0.05, 0.1) is 19.9 Å². The molecule has 8 heteroatoms. The standard InChI is InChI=1S/C11H12BN3O4/c1-18-10-4-3-7(6-13-10)9-5-8(12(16)17)11(19-2)15-14-9/h3-6,16-17H,1-2H3.